The van der Waals surface area contributed by atoms with Crippen LogP contribution in [0.4, 0.5) is 9.18 Å². The molecule has 2 aliphatic rings. The van der Waals surface area contributed by atoms with Gasteiger partial charge in [-0.25, -0.2) is 9.18 Å². The molecule has 0 unspecified atom stereocenters. The number of H-pyrrole nitrogens is 1. The number of nitrogens with zero attached hydrogens (tertiary/aromatic N) is 2. The van der Waals surface area contributed by atoms with Crippen LogP contribution in [0.5, 0.6) is 11.5 Å². The van der Waals surface area contributed by atoms with Crippen LogP contribution in [0, 0.1) is 5.82 Å². The fourth-order valence-electron chi connectivity index (χ4n) is 5.59. The molecule has 1 aromatic heterocycles. The summed E-state index contributed by atoms with van der Waals surface area (Å²) in [4.78, 5) is 44.7. The summed E-state index contributed by atoms with van der Waals surface area (Å²) in [5.41, 5.74) is 1.03. The molecular weight excluding hydrogens is 493 g/mol. The minimum atomic E-state index is -1.28. The molecular formula is C27H30FN5O5. The smallest absolute Gasteiger partial charge is 0.328 e. The van der Waals surface area contributed by atoms with Crippen molar-refractivity contribution in [2.24, 2.45) is 0 Å². The Bertz CT molecular complexity index is 1440. The van der Waals surface area contributed by atoms with E-state index in [1.54, 1.807) is 31.2 Å². The maximum absolute atomic E-state index is 15.5. The van der Waals surface area contributed by atoms with E-state index in [-0.39, 0.29) is 36.3 Å². The van der Waals surface area contributed by atoms with Crippen LogP contribution in [0.1, 0.15) is 36.7 Å². The van der Waals surface area contributed by atoms with Crippen molar-refractivity contribution in [3.8, 4) is 11.5 Å². The van der Waals surface area contributed by atoms with Crippen molar-refractivity contribution >= 4 is 28.7 Å². The van der Waals surface area contributed by atoms with Gasteiger partial charge in [-0.1, -0.05) is 12.1 Å². The molecule has 11 heteroatoms. The summed E-state index contributed by atoms with van der Waals surface area (Å²) in [6.45, 7) is 4.53. The lowest BCUT2D eigenvalue weighted by molar-refractivity contribution is -0.133. The summed E-state index contributed by atoms with van der Waals surface area (Å²) in [6, 6.07) is 8.53. The maximum Gasteiger partial charge on any atom is 0.328 e. The van der Waals surface area contributed by atoms with Gasteiger partial charge in [0.15, 0.2) is 11.6 Å². The van der Waals surface area contributed by atoms with E-state index >= 15 is 4.39 Å². The number of phenols is 1. The highest BCUT2D eigenvalue weighted by Gasteiger charge is 2.60. The van der Waals surface area contributed by atoms with E-state index < -0.39 is 23.4 Å². The molecule has 0 bridgehead atoms. The SMILES string of the molecule is COc1ccc2[nH]c3c(c2c1F)C[C@@]1(C)C(=O)N(CCNCCNC(C)=O)C(=O)N1[C@@H]3c1cccc(O)c1. The van der Waals surface area contributed by atoms with Gasteiger partial charge in [0.05, 0.1) is 7.11 Å². The number of rotatable bonds is 8. The van der Waals surface area contributed by atoms with Gasteiger partial charge in [-0.2, -0.15) is 0 Å². The molecule has 2 aromatic carbocycles. The predicted molar refractivity (Wildman–Crippen MR) is 137 cm³/mol. The van der Waals surface area contributed by atoms with Gasteiger partial charge in [0, 0.05) is 56.1 Å². The number of aromatic amines is 1. The normalized spacial score (nSPS) is 20.6. The highest BCUT2D eigenvalue weighted by molar-refractivity contribution is 6.08. The number of imide groups is 1. The molecule has 2 aliphatic heterocycles. The monoisotopic (exact) mass is 523 g/mol. The second-order valence-electron chi connectivity index (χ2n) is 9.81. The van der Waals surface area contributed by atoms with Crippen LogP contribution in [-0.4, -0.2) is 76.6 Å². The molecule has 3 heterocycles. The van der Waals surface area contributed by atoms with E-state index in [4.69, 9.17) is 4.74 Å². The van der Waals surface area contributed by atoms with Gasteiger partial charge in [0.2, 0.25) is 5.91 Å². The van der Waals surface area contributed by atoms with Gasteiger partial charge in [0.1, 0.15) is 17.3 Å². The molecule has 1 fully saturated rings. The molecule has 200 valence electrons. The number of benzene rings is 2. The number of hydrogen-bond acceptors (Lipinski definition) is 6. The number of carbonyl (C=O) groups excluding carboxylic acids is 3. The maximum atomic E-state index is 15.5. The summed E-state index contributed by atoms with van der Waals surface area (Å²) in [5, 5.41) is 16.4. The Morgan fingerprint density at radius 3 is 2.74 bits per heavy atom. The minimum absolute atomic E-state index is 0.0125. The minimum Gasteiger partial charge on any atom is -0.508 e. The molecule has 0 spiro atoms. The average Bonchev–Trinajstić information content (AvgIpc) is 3.33. The van der Waals surface area contributed by atoms with Gasteiger partial charge in [0.25, 0.3) is 5.91 Å². The Balaban J connectivity index is 1.55. The molecule has 0 radical (unpaired) electrons. The lowest BCUT2D eigenvalue weighted by Crippen LogP contribution is -2.53. The number of urea groups is 1. The largest absolute Gasteiger partial charge is 0.508 e. The zero-order chi connectivity index (χ0) is 27.2. The van der Waals surface area contributed by atoms with Crippen molar-refractivity contribution in [3.05, 3.63) is 59.0 Å². The van der Waals surface area contributed by atoms with E-state index in [2.05, 4.69) is 15.6 Å². The Labute approximate surface area is 218 Å². The number of amides is 4. The summed E-state index contributed by atoms with van der Waals surface area (Å²) in [5.74, 6) is -0.949. The lowest BCUT2D eigenvalue weighted by Gasteiger charge is -2.42. The fourth-order valence-corrected chi connectivity index (χ4v) is 5.59. The molecule has 10 nitrogen and oxygen atoms in total. The zero-order valence-corrected chi connectivity index (χ0v) is 21.4. The molecule has 3 aromatic rings. The number of ether oxygens (including phenoxy) is 1. The van der Waals surface area contributed by atoms with Crippen LogP contribution in [0.15, 0.2) is 36.4 Å². The summed E-state index contributed by atoms with van der Waals surface area (Å²) < 4.78 is 20.7. The van der Waals surface area contributed by atoms with E-state index in [0.29, 0.717) is 47.4 Å². The highest BCUT2D eigenvalue weighted by Crippen LogP contribution is 2.49. The first-order chi connectivity index (χ1) is 18.2. The molecule has 4 N–H and O–H groups in total. The molecule has 38 heavy (non-hydrogen) atoms. The standard InChI is InChI=1S/C27H30FN5O5/c1-15(34)30-10-9-29-11-12-32-25(36)27(2)14-18-21-19(7-8-20(38-3)22(21)28)31-23(18)24(33(27)26(32)37)16-5-4-6-17(35)13-16/h4-8,13,24,29,31,35H,9-12,14H2,1-3H3,(H,30,34)/t24-,27+/m1/s1. The lowest BCUT2D eigenvalue weighted by atomic mass is 9.81. The topological polar surface area (TPSA) is 127 Å². The Kier molecular flexibility index (Phi) is 6.47. The van der Waals surface area contributed by atoms with Gasteiger partial charge in [-0.3, -0.25) is 19.4 Å². The second-order valence-corrected chi connectivity index (χ2v) is 9.81. The first kappa shape index (κ1) is 25.5. The quantitative estimate of drug-likeness (QED) is 0.265. The molecule has 2 atom stereocenters. The zero-order valence-electron chi connectivity index (χ0n) is 21.4. The number of nitrogens with one attached hydrogen (secondary N) is 3. The third kappa shape index (κ3) is 4.03. The van der Waals surface area contributed by atoms with Crippen molar-refractivity contribution in [3.63, 3.8) is 0 Å². The van der Waals surface area contributed by atoms with Crippen LogP contribution < -0.4 is 15.4 Å². The number of carbonyl (C=O) groups is 3. The highest BCUT2D eigenvalue weighted by atomic mass is 19.1. The summed E-state index contributed by atoms with van der Waals surface area (Å²) in [6.07, 6.45) is 0.110. The van der Waals surface area contributed by atoms with Crippen LogP contribution in [0.2, 0.25) is 0 Å². The second kappa shape index (κ2) is 9.64. The van der Waals surface area contributed by atoms with E-state index in [0.717, 1.165) is 0 Å². The number of fused-ring (bicyclic) bond motifs is 4. The van der Waals surface area contributed by atoms with E-state index in [9.17, 15) is 19.5 Å². The molecule has 5 rings (SSSR count). The van der Waals surface area contributed by atoms with Crippen LogP contribution in [0.3, 0.4) is 0 Å². The molecule has 1 saturated heterocycles. The number of phenolic OH excluding ortho intramolecular Hbond substituents is 1. The van der Waals surface area contributed by atoms with E-state index in [1.165, 1.54) is 36.0 Å². The van der Waals surface area contributed by atoms with Crippen molar-refractivity contribution < 1.29 is 28.6 Å². The number of halogens is 1. The van der Waals surface area contributed by atoms with Crippen LogP contribution >= 0.6 is 0 Å². The van der Waals surface area contributed by atoms with Crippen LogP contribution in [-0.2, 0) is 16.0 Å². The molecule has 0 saturated carbocycles. The number of methoxy groups -OCH3 is 1. The van der Waals surface area contributed by atoms with Gasteiger partial charge >= 0.3 is 6.03 Å². The van der Waals surface area contributed by atoms with Crippen molar-refractivity contribution in [2.45, 2.75) is 31.8 Å². The summed E-state index contributed by atoms with van der Waals surface area (Å²) in [7, 11) is 1.39. The Morgan fingerprint density at radius 1 is 1.24 bits per heavy atom. The third-order valence-corrected chi connectivity index (χ3v) is 7.32. The number of hydrogen-bond donors (Lipinski definition) is 4. The average molecular weight is 524 g/mol. The van der Waals surface area contributed by atoms with Crippen molar-refractivity contribution in [1.82, 2.24) is 25.4 Å². The fraction of sp³-hybridized carbons (Fsp3) is 0.370. The van der Waals surface area contributed by atoms with Gasteiger partial charge in [-0.05, 0) is 42.3 Å². The Hall–Kier alpha value is -4.12. The number of aromatic hydroxyl groups is 1. The first-order valence-electron chi connectivity index (χ1n) is 12.4. The number of aromatic nitrogens is 1. The van der Waals surface area contributed by atoms with E-state index in [1.807, 2.05) is 0 Å². The Morgan fingerprint density at radius 2 is 2.03 bits per heavy atom. The molecule has 0 aliphatic carbocycles. The van der Waals surface area contributed by atoms with Crippen molar-refractivity contribution in [1.29, 1.82) is 0 Å². The first-order valence-corrected chi connectivity index (χ1v) is 12.4. The van der Waals surface area contributed by atoms with Crippen LogP contribution in [0.25, 0.3) is 10.9 Å². The molecule has 4 amide bonds. The predicted octanol–water partition coefficient (Wildman–Crippen LogP) is 2.42. The van der Waals surface area contributed by atoms with Gasteiger partial charge < -0.3 is 25.5 Å². The third-order valence-electron chi connectivity index (χ3n) is 7.32. The summed E-state index contributed by atoms with van der Waals surface area (Å²) >= 11 is 0. The van der Waals surface area contributed by atoms with Crippen molar-refractivity contribution in [2.75, 3.05) is 33.3 Å². The van der Waals surface area contributed by atoms with Gasteiger partial charge in [-0.15, -0.1) is 0 Å².